The van der Waals surface area contributed by atoms with Gasteiger partial charge in [0.15, 0.2) is 5.06 Å². The van der Waals surface area contributed by atoms with Gasteiger partial charge in [-0.1, -0.05) is 20.8 Å². The van der Waals surface area contributed by atoms with Crippen molar-refractivity contribution in [2.45, 2.75) is 46.5 Å². The molecule has 2 atom stereocenters. The van der Waals surface area contributed by atoms with E-state index in [0.717, 1.165) is 24.9 Å². The molecule has 4 fully saturated rings. The molecule has 4 aliphatic rings. The van der Waals surface area contributed by atoms with Crippen LogP contribution in [0, 0.1) is 40.8 Å². The molecule has 2 aliphatic carbocycles. The lowest BCUT2D eigenvalue weighted by atomic mass is 9.70. The summed E-state index contributed by atoms with van der Waals surface area (Å²) >= 11 is 1.39. The van der Waals surface area contributed by atoms with Crippen molar-refractivity contribution in [3.05, 3.63) is 41.5 Å². The van der Waals surface area contributed by atoms with Crippen molar-refractivity contribution < 1.29 is 18.7 Å². The van der Waals surface area contributed by atoms with Gasteiger partial charge in [-0.2, -0.15) is 0 Å². The number of fused-ring (bicyclic) bond motifs is 1. The van der Waals surface area contributed by atoms with E-state index < -0.39 is 6.09 Å². The van der Waals surface area contributed by atoms with Gasteiger partial charge in [-0.05, 0) is 96.4 Å². The minimum Gasteiger partial charge on any atom is -0.399 e. The Balaban J connectivity index is 1.08. The van der Waals surface area contributed by atoms with Crippen molar-refractivity contribution in [2.75, 3.05) is 62.3 Å². The number of morpholine rings is 1. The highest BCUT2D eigenvalue weighted by atomic mass is 32.1. The molecule has 1 amide bonds. The third-order valence-electron chi connectivity index (χ3n) is 9.93. The lowest BCUT2D eigenvalue weighted by molar-refractivity contribution is 0.122. The molecule has 2 saturated heterocycles. The Labute approximate surface area is 242 Å². The Morgan fingerprint density at radius 2 is 1.82 bits per heavy atom. The van der Waals surface area contributed by atoms with Crippen LogP contribution in [0.3, 0.4) is 0 Å². The maximum Gasteiger partial charge on any atom is 0.420 e. The van der Waals surface area contributed by atoms with Crippen molar-refractivity contribution in [3.8, 4) is 5.06 Å². The average Bonchev–Trinajstić information content (AvgIpc) is 3.28. The van der Waals surface area contributed by atoms with E-state index in [4.69, 9.17) is 9.47 Å². The number of rotatable bonds is 7. The van der Waals surface area contributed by atoms with E-state index in [0.29, 0.717) is 72.5 Å². The summed E-state index contributed by atoms with van der Waals surface area (Å²) in [4.78, 5) is 19.7. The number of hydrogen-bond acceptors (Lipinski definition) is 6. The van der Waals surface area contributed by atoms with Gasteiger partial charge < -0.3 is 19.3 Å². The molecule has 0 spiro atoms. The Bertz CT molecular complexity index is 1140. The van der Waals surface area contributed by atoms with Crippen LogP contribution in [0.1, 0.15) is 46.5 Å². The molecule has 0 N–H and O–H groups in total. The summed E-state index contributed by atoms with van der Waals surface area (Å²) in [7, 11) is 0. The first-order chi connectivity index (χ1) is 19.3. The van der Waals surface area contributed by atoms with Crippen molar-refractivity contribution in [1.29, 1.82) is 0 Å². The smallest absolute Gasteiger partial charge is 0.399 e. The number of nitrogens with zero attached hydrogens (tertiary/aromatic N) is 3. The van der Waals surface area contributed by atoms with Crippen molar-refractivity contribution in [2.24, 2.45) is 35.0 Å². The maximum absolute atomic E-state index is 15.3. The molecule has 8 heteroatoms. The summed E-state index contributed by atoms with van der Waals surface area (Å²) < 4.78 is 26.4. The van der Waals surface area contributed by atoms with E-state index in [9.17, 15) is 4.79 Å². The molecule has 2 saturated carbocycles. The van der Waals surface area contributed by atoms with E-state index in [1.807, 2.05) is 22.4 Å². The average molecular weight is 570 g/mol. The highest BCUT2D eigenvalue weighted by molar-refractivity contribution is 7.11. The van der Waals surface area contributed by atoms with E-state index in [-0.39, 0.29) is 5.82 Å². The fourth-order valence-electron chi connectivity index (χ4n) is 7.42. The predicted octanol–water partition coefficient (Wildman–Crippen LogP) is 6.76. The first-order valence-electron chi connectivity index (χ1n) is 15.1. The molecule has 1 aromatic heterocycles. The number of piperidine rings is 1. The second-order valence-electron chi connectivity index (χ2n) is 13.4. The van der Waals surface area contributed by atoms with Crippen LogP contribution in [0.25, 0.3) is 0 Å². The first kappa shape index (κ1) is 28.0. The summed E-state index contributed by atoms with van der Waals surface area (Å²) in [5.41, 5.74) is 1.55. The number of amides is 1. The minimum absolute atomic E-state index is 0.309. The van der Waals surface area contributed by atoms with Gasteiger partial charge in [0.2, 0.25) is 0 Å². The Kier molecular flexibility index (Phi) is 8.12. The van der Waals surface area contributed by atoms with E-state index >= 15 is 4.39 Å². The first-order valence-corrected chi connectivity index (χ1v) is 16.0. The molecule has 6 rings (SSSR count). The molecule has 218 valence electrons. The minimum atomic E-state index is -0.432. The topological polar surface area (TPSA) is 45.2 Å². The Morgan fingerprint density at radius 1 is 1.10 bits per heavy atom. The van der Waals surface area contributed by atoms with Gasteiger partial charge in [-0.3, -0.25) is 4.90 Å². The molecule has 2 unspecified atom stereocenters. The predicted molar refractivity (Wildman–Crippen MR) is 159 cm³/mol. The summed E-state index contributed by atoms with van der Waals surface area (Å²) in [6.07, 6.45) is 5.00. The number of anilines is 2. The number of carbonyl (C=O) groups excluding carboxylic acids is 1. The highest BCUT2D eigenvalue weighted by Gasteiger charge is 2.56. The Hall–Kier alpha value is -2.16. The fraction of sp³-hybridized carbons (Fsp3) is 0.656. The molecule has 2 aliphatic heterocycles. The van der Waals surface area contributed by atoms with Crippen molar-refractivity contribution in [3.63, 3.8) is 0 Å². The van der Waals surface area contributed by atoms with Crippen LogP contribution in [0.2, 0.25) is 0 Å². The molecule has 3 heterocycles. The standard InChI is InChI=1S/C32H44FN3O3S/c1-32(2,3)23-8-6-22(7-9-23)18-34-19-25-26(20-34)27(25)21-36(31(37)39-30-5-4-16-40-30)24-10-11-29(28(33)17-24)35-12-14-38-15-13-35/h4-5,10-11,16-17,22-23,25-27H,6-9,12-15,18-21H2,1-3H3. The van der Waals surface area contributed by atoms with Crippen LogP contribution in [-0.2, 0) is 4.74 Å². The van der Waals surface area contributed by atoms with Crippen LogP contribution in [0.5, 0.6) is 5.06 Å². The van der Waals surface area contributed by atoms with E-state index in [1.165, 1.54) is 49.6 Å². The second kappa shape index (κ2) is 11.6. The van der Waals surface area contributed by atoms with Crippen molar-refractivity contribution in [1.82, 2.24) is 4.90 Å². The lowest BCUT2D eigenvalue weighted by Crippen LogP contribution is -2.39. The number of benzene rings is 1. The van der Waals surface area contributed by atoms with Crippen LogP contribution < -0.4 is 14.5 Å². The SMILES string of the molecule is CC(C)(C)C1CCC(CN2CC3C(C2)C3CN(C(=O)Oc2cccs2)c2ccc(N3CCOCC3)c(F)c2)CC1. The number of likely N-dealkylation sites (tertiary alicyclic amines) is 1. The number of halogens is 1. The fourth-order valence-corrected chi connectivity index (χ4v) is 7.98. The van der Waals surface area contributed by atoms with Crippen LogP contribution in [0.15, 0.2) is 35.7 Å². The highest BCUT2D eigenvalue weighted by Crippen LogP contribution is 2.53. The molecule has 1 aromatic carbocycles. The van der Waals surface area contributed by atoms with Gasteiger partial charge in [-0.25, -0.2) is 9.18 Å². The Morgan fingerprint density at radius 3 is 2.45 bits per heavy atom. The summed E-state index contributed by atoms with van der Waals surface area (Å²) in [6, 6.07) is 8.82. The third kappa shape index (κ3) is 6.19. The zero-order chi connectivity index (χ0) is 27.9. The molecule has 6 nitrogen and oxygen atoms in total. The lowest BCUT2D eigenvalue weighted by Gasteiger charge is -2.38. The quantitative estimate of drug-likeness (QED) is 0.369. The number of thiophene rings is 1. The molecule has 0 bridgehead atoms. The number of carbonyl (C=O) groups is 1. The van der Waals surface area contributed by atoms with Crippen molar-refractivity contribution >= 4 is 28.8 Å². The molecular formula is C32H44FN3O3S. The molecular weight excluding hydrogens is 525 g/mol. The van der Waals surface area contributed by atoms with Crippen LogP contribution >= 0.6 is 11.3 Å². The van der Waals surface area contributed by atoms with Gasteiger partial charge in [0.25, 0.3) is 0 Å². The van der Waals surface area contributed by atoms with Crippen LogP contribution in [0.4, 0.5) is 20.6 Å². The molecule has 0 radical (unpaired) electrons. The summed E-state index contributed by atoms with van der Waals surface area (Å²) in [6.45, 7) is 13.7. The maximum atomic E-state index is 15.3. The monoisotopic (exact) mass is 569 g/mol. The van der Waals surface area contributed by atoms with E-state index in [2.05, 4.69) is 25.7 Å². The normalized spacial score (nSPS) is 28.8. The van der Waals surface area contributed by atoms with Gasteiger partial charge >= 0.3 is 6.09 Å². The van der Waals surface area contributed by atoms with Crippen LogP contribution in [-0.4, -0.2) is 63.5 Å². The van der Waals surface area contributed by atoms with Gasteiger partial charge in [0, 0.05) is 39.3 Å². The van der Waals surface area contributed by atoms with E-state index in [1.54, 1.807) is 17.0 Å². The third-order valence-corrected chi connectivity index (χ3v) is 10.7. The zero-order valence-electron chi connectivity index (χ0n) is 24.2. The van der Waals surface area contributed by atoms with Gasteiger partial charge in [0.05, 0.1) is 24.6 Å². The summed E-state index contributed by atoms with van der Waals surface area (Å²) in [5.74, 6) is 3.02. The number of hydrogen-bond donors (Lipinski definition) is 0. The van der Waals surface area contributed by atoms with Gasteiger partial charge in [-0.15, -0.1) is 11.3 Å². The summed E-state index contributed by atoms with van der Waals surface area (Å²) in [5, 5.41) is 2.45. The molecule has 2 aromatic rings. The largest absolute Gasteiger partial charge is 0.420 e. The second-order valence-corrected chi connectivity index (χ2v) is 14.3. The zero-order valence-corrected chi connectivity index (χ0v) is 25.0. The number of ether oxygens (including phenoxy) is 2. The molecule has 40 heavy (non-hydrogen) atoms. The van der Waals surface area contributed by atoms with Gasteiger partial charge in [0.1, 0.15) is 5.82 Å².